The van der Waals surface area contributed by atoms with E-state index in [0.717, 1.165) is 44.8 Å². The summed E-state index contributed by atoms with van der Waals surface area (Å²) in [5.74, 6) is 0.708. The van der Waals surface area contributed by atoms with Crippen LogP contribution in [0.25, 0.3) is 110 Å². The summed E-state index contributed by atoms with van der Waals surface area (Å²) in [5, 5.41) is 9.69. The molecule has 3 heterocycles. The molecule has 0 fully saturated rings. The van der Waals surface area contributed by atoms with E-state index in [1.165, 1.54) is 59.8 Å². The Kier molecular flexibility index (Phi) is 7.20. The largest absolute Gasteiger partial charge is 0.309 e. The fourth-order valence-electron chi connectivity index (χ4n) is 8.90. The molecule has 0 spiro atoms. The van der Waals surface area contributed by atoms with Crippen molar-refractivity contribution >= 4 is 65.2 Å². The van der Waals surface area contributed by atoms with E-state index in [2.05, 4.69) is 197 Å². The molecule has 0 aliphatic heterocycles. The van der Waals surface area contributed by atoms with Gasteiger partial charge in [0, 0.05) is 49.6 Å². The van der Waals surface area contributed by atoms with Gasteiger partial charge in [0.15, 0.2) is 5.82 Å². The second-order valence-electron chi connectivity index (χ2n) is 15.1. The summed E-state index contributed by atoms with van der Waals surface area (Å²) in [5.41, 5.74) is 11.9. The molecule has 0 radical (unpaired) electrons. The first-order chi connectivity index (χ1) is 28.7. The van der Waals surface area contributed by atoms with Crippen molar-refractivity contribution < 1.29 is 0 Å². The Labute approximate surface area is 334 Å². The molecule has 12 aromatic rings. The van der Waals surface area contributed by atoms with Crippen molar-refractivity contribution in [3.63, 3.8) is 0 Å². The number of benzene rings is 9. The predicted octanol–water partition coefficient (Wildman–Crippen LogP) is 14.0. The molecule has 0 saturated heterocycles. The Bertz CT molecular complexity index is 3560. The zero-order chi connectivity index (χ0) is 38.2. The highest BCUT2D eigenvalue weighted by Crippen LogP contribution is 2.40. The minimum Gasteiger partial charge on any atom is -0.309 e. The van der Waals surface area contributed by atoms with Crippen LogP contribution in [-0.4, -0.2) is 19.1 Å². The molecule has 9 aromatic carbocycles. The van der Waals surface area contributed by atoms with Gasteiger partial charge >= 0.3 is 0 Å². The molecule has 0 unspecified atom stereocenters. The molecule has 58 heavy (non-hydrogen) atoms. The van der Waals surface area contributed by atoms with Crippen LogP contribution >= 0.6 is 0 Å². The molecule has 0 aliphatic carbocycles. The average molecular weight is 739 g/mol. The summed E-state index contributed by atoms with van der Waals surface area (Å²) in [7, 11) is 0. The van der Waals surface area contributed by atoms with Gasteiger partial charge in [-0.25, -0.2) is 9.97 Å². The first-order valence-corrected chi connectivity index (χ1v) is 19.7. The van der Waals surface area contributed by atoms with Crippen LogP contribution in [0.3, 0.4) is 0 Å². The normalized spacial score (nSPS) is 11.8. The summed E-state index contributed by atoms with van der Waals surface area (Å²) in [6.07, 6.45) is 0. The van der Waals surface area contributed by atoms with E-state index in [0.29, 0.717) is 5.82 Å². The van der Waals surface area contributed by atoms with Crippen molar-refractivity contribution in [3.05, 3.63) is 206 Å². The number of aromatic nitrogens is 4. The van der Waals surface area contributed by atoms with E-state index in [4.69, 9.17) is 9.97 Å². The first-order valence-electron chi connectivity index (χ1n) is 19.7. The summed E-state index contributed by atoms with van der Waals surface area (Å²) in [6, 6.07) is 73.9. The highest BCUT2D eigenvalue weighted by atomic mass is 15.0. The van der Waals surface area contributed by atoms with Crippen LogP contribution < -0.4 is 0 Å². The number of hydrogen-bond acceptors (Lipinski definition) is 2. The summed E-state index contributed by atoms with van der Waals surface area (Å²) in [4.78, 5) is 10.3. The van der Waals surface area contributed by atoms with E-state index in [9.17, 15) is 0 Å². The lowest BCUT2D eigenvalue weighted by atomic mass is 10.0. The first kappa shape index (κ1) is 32.4. The van der Waals surface area contributed by atoms with Crippen LogP contribution in [0.2, 0.25) is 0 Å². The summed E-state index contributed by atoms with van der Waals surface area (Å²) in [6.45, 7) is 0. The molecule has 0 atom stereocenters. The fraction of sp³-hybridized carbons (Fsp3) is 0. The SMILES string of the molecule is c1ccc(-c2nc(-c3ccc4ccccc4c3)cc(-c3ccc4ccc(-n5c6ccccc6c6cc7c8ccccc8n(-c8ccccc8)c7cc65)cc4c3)n2)cc1. The van der Waals surface area contributed by atoms with E-state index >= 15 is 0 Å². The van der Waals surface area contributed by atoms with Gasteiger partial charge < -0.3 is 9.13 Å². The Balaban J connectivity index is 1.05. The molecule has 270 valence electrons. The molecule has 3 aromatic heterocycles. The Morgan fingerprint density at radius 1 is 0.276 bits per heavy atom. The van der Waals surface area contributed by atoms with Gasteiger partial charge in [-0.05, 0) is 88.3 Å². The highest BCUT2D eigenvalue weighted by molar-refractivity contribution is 6.19. The second kappa shape index (κ2) is 12.9. The van der Waals surface area contributed by atoms with E-state index in [1.54, 1.807) is 0 Å². The second-order valence-corrected chi connectivity index (χ2v) is 15.1. The standard InChI is InChI=1S/C54H34N4/c1-3-14-37(15-4-1)54-55-48(39-25-23-35-13-7-8-16-38(35)29-39)33-49(56-54)40-26-24-36-27-28-43(31-41(36)30-40)58-51-22-12-10-20-45(51)47-32-46-44-19-9-11-21-50(44)57(52(46)34-53(47)58)42-17-5-2-6-18-42/h1-34H. The maximum absolute atomic E-state index is 5.18. The average Bonchev–Trinajstić information content (AvgIpc) is 3.80. The Morgan fingerprint density at radius 3 is 1.47 bits per heavy atom. The van der Waals surface area contributed by atoms with Gasteiger partial charge in [0.25, 0.3) is 0 Å². The van der Waals surface area contributed by atoms with Crippen molar-refractivity contribution in [2.75, 3.05) is 0 Å². The molecular formula is C54H34N4. The molecule has 0 aliphatic rings. The van der Waals surface area contributed by atoms with Gasteiger partial charge in [-0.2, -0.15) is 0 Å². The van der Waals surface area contributed by atoms with E-state index in [-0.39, 0.29) is 0 Å². The molecule has 4 nitrogen and oxygen atoms in total. The number of hydrogen-bond donors (Lipinski definition) is 0. The Hall–Kier alpha value is -7.82. The highest BCUT2D eigenvalue weighted by Gasteiger charge is 2.19. The van der Waals surface area contributed by atoms with Crippen LogP contribution in [0.15, 0.2) is 206 Å². The predicted molar refractivity (Wildman–Crippen MR) is 242 cm³/mol. The molecular weight excluding hydrogens is 705 g/mol. The van der Waals surface area contributed by atoms with Crippen LogP contribution in [-0.2, 0) is 0 Å². The summed E-state index contributed by atoms with van der Waals surface area (Å²) >= 11 is 0. The maximum Gasteiger partial charge on any atom is 0.160 e. The molecule has 0 amide bonds. The van der Waals surface area contributed by atoms with Crippen LogP contribution in [0.1, 0.15) is 0 Å². The van der Waals surface area contributed by atoms with Crippen molar-refractivity contribution in [2.24, 2.45) is 0 Å². The quantitative estimate of drug-likeness (QED) is 0.176. The number of rotatable bonds is 5. The Morgan fingerprint density at radius 2 is 0.793 bits per heavy atom. The van der Waals surface area contributed by atoms with Crippen molar-refractivity contribution in [2.45, 2.75) is 0 Å². The molecule has 0 saturated carbocycles. The topological polar surface area (TPSA) is 35.6 Å². The van der Waals surface area contributed by atoms with Gasteiger partial charge in [-0.1, -0.05) is 140 Å². The third kappa shape index (κ3) is 5.16. The third-order valence-electron chi connectivity index (χ3n) is 11.7. The third-order valence-corrected chi connectivity index (χ3v) is 11.7. The number of fused-ring (bicyclic) bond motifs is 8. The lowest BCUT2D eigenvalue weighted by molar-refractivity contribution is 1.17. The zero-order valence-electron chi connectivity index (χ0n) is 31.4. The van der Waals surface area contributed by atoms with Gasteiger partial charge in [0.1, 0.15) is 0 Å². The van der Waals surface area contributed by atoms with Crippen molar-refractivity contribution in [3.8, 4) is 45.3 Å². The molecule has 0 N–H and O–H groups in total. The van der Waals surface area contributed by atoms with Crippen LogP contribution in [0.4, 0.5) is 0 Å². The van der Waals surface area contributed by atoms with Gasteiger partial charge in [0.05, 0.1) is 33.5 Å². The molecule has 4 heteroatoms. The van der Waals surface area contributed by atoms with E-state index < -0.39 is 0 Å². The van der Waals surface area contributed by atoms with Gasteiger partial charge in [0.2, 0.25) is 0 Å². The summed E-state index contributed by atoms with van der Waals surface area (Å²) < 4.78 is 4.83. The lowest BCUT2D eigenvalue weighted by Crippen LogP contribution is -1.97. The van der Waals surface area contributed by atoms with Crippen molar-refractivity contribution in [1.29, 1.82) is 0 Å². The van der Waals surface area contributed by atoms with Gasteiger partial charge in [-0.15, -0.1) is 0 Å². The zero-order valence-corrected chi connectivity index (χ0v) is 31.4. The number of nitrogens with zero attached hydrogens (tertiary/aromatic N) is 4. The van der Waals surface area contributed by atoms with E-state index in [1.807, 2.05) is 18.2 Å². The fourth-order valence-corrected chi connectivity index (χ4v) is 8.90. The van der Waals surface area contributed by atoms with Crippen molar-refractivity contribution in [1.82, 2.24) is 19.1 Å². The minimum absolute atomic E-state index is 0.708. The minimum atomic E-state index is 0.708. The van der Waals surface area contributed by atoms with Crippen LogP contribution in [0.5, 0.6) is 0 Å². The van der Waals surface area contributed by atoms with Gasteiger partial charge in [-0.3, -0.25) is 0 Å². The molecule has 0 bridgehead atoms. The lowest BCUT2D eigenvalue weighted by Gasteiger charge is -2.12. The monoisotopic (exact) mass is 738 g/mol. The molecule has 12 rings (SSSR count). The maximum atomic E-state index is 5.18. The smallest absolute Gasteiger partial charge is 0.160 e. The number of para-hydroxylation sites is 3. The van der Waals surface area contributed by atoms with Crippen LogP contribution in [0, 0.1) is 0 Å².